The van der Waals surface area contributed by atoms with Crippen LogP contribution < -0.4 is 0 Å². The first-order chi connectivity index (χ1) is 10.9. The molecule has 0 N–H and O–H groups in total. The monoisotopic (exact) mass is 319 g/mol. The van der Waals surface area contributed by atoms with Crippen molar-refractivity contribution in [2.75, 3.05) is 13.7 Å². The number of esters is 1. The molecule has 128 valence electrons. The number of hydrogen-bond donors (Lipinski definition) is 0. The molecule has 0 aromatic heterocycles. The number of hydrogen-bond acceptors (Lipinski definition) is 4. The van der Waals surface area contributed by atoms with Crippen LogP contribution >= 0.6 is 0 Å². The number of rotatable bonds is 6. The summed E-state index contributed by atoms with van der Waals surface area (Å²) < 4.78 is 11.1. The van der Waals surface area contributed by atoms with Gasteiger partial charge in [0.25, 0.3) is 0 Å². The van der Waals surface area contributed by atoms with Crippen LogP contribution in [0.15, 0.2) is 30.3 Å². The smallest absolute Gasteiger partial charge is 0.309 e. The largest absolute Gasteiger partial charge is 0.460 e. The van der Waals surface area contributed by atoms with Gasteiger partial charge in [0.2, 0.25) is 0 Å². The second kappa shape index (κ2) is 7.93. The fourth-order valence-corrected chi connectivity index (χ4v) is 3.21. The average Bonchev–Trinajstić information content (AvgIpc) is 2.92. The van der Waals surface area contributed by atoms with Gasteiger partial charge in [-0.2, -0.15) is 0 Å². The number of benzene rings is 1. The van der Waals surface area contributed by atoms with Gasteiger partial charge in [0.1, 0.15) is 5.60 Å². The Morgan fingerprint density at radius 3 is 2.61 bits per heavy atom. The van der Waals surface area contributed by atoms with Gasteiger partial charge in [0.05, 0.1) is 12.5 Å². The first-order valence-electron chi connectivity index (χ1n) is 8.41. The fourth-order valence-electron chi connectivity index (χ4n) is 3.21. The van der Waals surface area contributed by atoms with E-state index in [0.29, 0.717) is 6.42 Å². The highest BCUT2D eigenvalue weighted by Crippen LogP contribution is 2.26. The second-order valence-electron chi connectivity index (χ2n) is 7.23. The van der Waals surface area contributed by atoms with Crippen LogP contribution in [-0.4, -0.2) is 42.3 Å². The summed E-state index contributed by atoms with van der Waals surface area (Å²) in [6.45, 7) is 7.63. The zero-order valence-electron chi connectivity index (χ0n) is 14.7. The van der Waals surface area contributed by atoms with Gasteiger partial charge in [0.15, 0.2) is 0 Å². The summed E-state index contributed by atoms with van der Waals surface area (Å²) in [4.78, 5) is 14.6. The maximum atomic E-state index is 12.1. The number of carbonyl (C=O) groups is 1. The van der Waals surface area contributed by atoms with E-state index in [0.717, 1.165) is 25.9 Å². The van der Waals surface area contributed by atoms with Gasteiger partial charge in [-0.15, -0.1) is 0 Å². The minimum absolute atomic E-state index is 0.115. The topological polar surface area (TPSA) is 38.8 Å². The van der Waals surface area contributed by atoms with E-state index in [9.17, 15) is 4.79 Å². The van der Waals surface area contributed by atoms with Crippen LogP contribution in [0.3, 0.4) is 0 Å². The molecule has 2 rings (SSSR count). The van der Waals surface area contributed by atoms with Gasteiger partial charge < -0.3 is 9.47 Å². The zero-order valence-corrected chi connectivity index (χ0v) is 14.7. The Bertz CT molecular complexity index is 495. The molecule has 1 heterocycles. The third-order valence-electron chi connectivity index (χ3n) is 4.16. The molecule has 0 aliphatic carbocycles. The standard InChI is InChI=1S/C19H29NO3/c1-19(2,3)23-18(21)13-17(22-4)16-11-8-12-20(16)14-15-9-6-5-7-10-15/h5-7,9-10,16-17H,8,11-14H2,1-4H3/t16?,17-/m1/s1. The van der Waals surface area contributed by atoms with Crippen LogP contribution in [0.4, 0.5) is 0 Å². The van der Waals surface area contributed by atoms with Gasteiger partial charge in [-0.1, -0.05) is 30.3 Å². The van der Waals surface area contributed by atoms with E-state index >= 15 is 0 Å². The Morgan fingerprint density at radius 1 is 1.30 bits per heavy atom. The molecule has 2 atom stereocenters. The lowest BCUT2D eigenvalue weighted by molar-refractivity contribution is -0.158. The molecule has 0 bridgehead atoms. The van der Waals surface area contributed by atoms with E-state index in [-0.39, 0.29) is 18.1 Å². The Labute approximate surface area is 139 Å². The predicted molar refractivity (Wildman–Crippen MR) is 91.1 cm³/mol. The van der Waals surface area contributed by atoms with Crippen LogP contribution in [0.25, 0.3) is 0 Å². The molecule has 0 radical (unpaired) electrons. The molecule has 23 heavy (non-hydrogen) atoms. The van der Waals surface area contributed by atoms with Crippen molar-refractivity contribution in [3.63, 3.8) is 0 Å². The number of carbonyl (C=O) groups excluding carboxylic acids is 1. The van der Waals surface area contributed by atoms with E-state index in [4.69, 9.17) is 9.47 Å². The van der Waals surface area contributed by atoms with Gasteiger partial charge >= 0.3 is 5.97 Å². The Balaban J connectivity index is 1.97. The Hall–Kier alpha value is -1.39. The molecule has 1 aliphatic rings. The minimum Gasteiger partial charge on any atom is -0.460 e. The molecule has 1 aliphatic heterocycles. The molecule has 1 fully saturated rings. The molecular weight excluding hydrogens is 290 g/mol. The van der Waals surface area contributed by atoms with Crippen molar-refractivity contribution >= 4 is 5.97 Å². The highest BCUT2D eigenvalue weighted by Gasteiger charge is 2.34. The SMILES string of the molecule is CO[C@H](CC(=O)OC(C)(C)C)C1CCCN1Cc1ccccc1. The highest BCUT2D eigenvalue weighted by molar-refractivity contribution is 5.70. The summed E-state index contributed by atoms with van der Waals surface area (Å²) in [5.41, 5.74) is 0.848. The molecule has 1 saturated heterocycles. The molecule has 4 nitrogen and oxygen atoms in total. The Kier molecular flexibility index (Phi) is 6.19. The van der Waals surface area contributed by atoms with Crippen LogP contribution in [0.2, 0.25) is 0 Å². The van der Waals surface area contributed by atoms with Crippen LogP contribution in [0.5, 0.6) is 0 Å². The van der Waals surface area contributed by atoms with Crippen LogP contribution in [0.1, 0.15) is 45.6 Å². The quantitative estimate of drug-likeness (QED) is 0.753. The summed E-state index contributed by atoms with van der Waals surface area (Å²) in [7, 11) is 1.69. The third-order valence-corrected chi connectivity index (χ3v) is 4.16. The first-order valence-corrected chi connectivity index (χ1v) is 8.41. The second-order valence-corrected chi connectivity index (χ2v) is 7.23. The lowest BCUT2D eigenvalue weighted by Crippen LogP contribution is -2.41. The van der Waals surface area contributed by atoms with E-state index in [1.807, 2.05) is 26.8 Å². The van der Waals surface area contributed by atoms with Gasteiger partial charge in [-0.3, -0.25) is 9.69 Å². The van der Waals surface area contributed by atoms with Crippen molar-refractivity contribution in [1.29, 1.82) is 0 Å². The van der Waals surface area contributed by atoms with Crippen molar-refractivity contribution in [3.8, 4) is 0 Å². The average molecular weight is 319 g/mol. The Morgan fingerprint density at radius 2 is 2.00 bits per heavy atom. The lowest BCUT2D eigenvalue weighted by atomic mass is 10.0. The van der Waals surface area contributed by atoms with Crippen molar-refractivity contribution in [2.45, 2.75) is 64.3 Å². The maximum Gasteiger partial charge on any atom is 0.309 e. The van der Waals surface area contributed by atoms with Crippen molar-refractivity contribution < 1.29 is 14.3 Å². The van der Waals surface area contributed by atoms with Gasteiger partial charge in [-0.05, 0) is 45.7 Å². The molecule has 0 saturated carbocycles. The van der Waals surface area contributed by atoms with E-state index < -0.39 is 5.60 Å². The number of likely N-dealkylation sites (tertiary alicyclic amines) is 1. The molecule has 0 spiro atoms. The molecule has 4 heteroatoms. The van der Waals surface area contributed by atoms with E-state index in [1.54, 1.807) is 7.11 Å². The zero-order chi connectivity index (χ0) is 16.9. The normalized spacial score (nSPS) is 20.4. The molecule has 1 aromatic rings. The third kappa shape index (κ3) is 5.63. The number of nitrogens with zero attached hydrogens (tertiary/aromatic N) is 1. The summed E-state index contributed by atoms with van der Waals surface area (Å²) in [5.74, 6) is -0.184. The van der Waals surface area contributed by atoms with Crippen molar-refractivity contribution in [2.24, 2.45) is 0 Å². The predicted octanol–water partition coefficient (Wildman–Crippen LogP) is 3.40. The summed E-state index contributed by atoms with van der Waals surface area (Å²) in [6, 6.07) is 10.7. The number of methoxy groups -OCH3 is 1. The summed E-state index contributed by atoms with van der Waals surface area (Å²) >= 11 is 0. The molecule has 1 aromatic carbocycles. The van der Waals surface area contributed by atoms with Gasteiger partial charge in [0, 0.05) is 19.7 Å². The first kappa shape index (κ1) is 18.0. The molecule has 0 amide bonds. The van der Waals surface area contributed by atoms with Crippen LogP contribution in [0, 0.1) is 0 Å². The van der Waals surface area contributed by atoms with Gasteiger partial charge in [-0.25, -0.2) is 0 Å². The fraction of sp³-hybridized carbons (Fsp3) is 0.632. The lowest BCUT2D eigenvalue weighted by Gasteiger charge is -2.31. The highest BCUT2D eigenvalue weighted by atomic mass is 16.6. The molecular formula is C19H29NO3. The minimum atomic E-state index is -0.450. The number of ether oxygens (including phenoxy) is 2. The van der Waals surface area contributed by atoms with Crippen molar-refractivity contribution in [1.82, 2.24) is 4.90 Å². The summed E-state index contributed by atoms with van der Waals surface area (Å²) in [5, 5.41) is 0. The van der Waals surface area contributed by atoms with E-state index in [1.165, 1.54) is 5.56 Å². The summed E-state index contributed by atoms with van der Waals surface area (Å²) in [6.07, 6.45) is 2.40. The maximum absolute atomic E-state index is 12.1. The molecule has 1 unspecified atom stereocenters. The van der Waals surface area contributed by atoms with Crippen molar-refractivity contribution in [3.05, 3.63) is 35.9 Å². The van der Waals surface area contributed by atoms with Crippen LogP contribution in [-0.2, 0) is 20.8 Å². The van der Waals surface area contributed by atoms with E-state index in [2.05, 4.69) is 29.2 Å².